The lowest BCUT2D eigenvalue weighted by Crippen LogP contribution is -2.35. The van der Waals surface area contributed by atoms with Gasteiger partial charge in [0.05, 0.1) is 0 Å². The van der Waals surface area contributed by atoms with Crippen LogP contribution in [0.25, 0.3) is 0 Å². The number of nitrogens with one attached hydrogen (secondary N) is 1. The molecule has 2 N–H and O–H groups in total. The second-order valence-corrected chi connectivity index (χ2v) is 5.74. The predicted molar refractivity (Wildman–Crippen MR) is 69.5 cm³/mol. The highest BCUT2D eigenvalue weighted by molar-refractivity contribution is 4.78. The predicted octanol–water partition coefficient (Wildman–Crippen LogP) is 2.95. The molecule has 0 aromatic heterocycles. The third-order valence-corrected chi connectivity index (χ3v) is 3.61. The first-order valence-corrected chi connectivity index (χ1v) is 7.06. The zero-order chi connectivity index (χ0) is 11.8. The van der Waals surface area contributed by atoms with E-state index in [1.165, 1.54) is 32.1 Å². The van der Waals surface area contributed by atoms with Crippen LogP contribution in [0.4, 0.5) is 0 Å². The molecule has 0 saturated heterocycles. The van der Waals surface area contributed by atoms with Crippen LogP contribution in [0.5, 0.6) is 0 Å². The highest BCUT2D eigenvalue weighted by Crippen LogP contribution is 2.29. The van der Waals surface area contributed by atoms with Crippen molar-refractivity contribution in [2.75, 3.05) is 13.2 Å². The highest BCUT2D eigenvalue weighted by Gasteiger charge is 2.21. The fourth-order valence-electron chi connectivity index (χ4n) is 2.90. The summed E-state index contributed by atoms with van der Waals surface area (Å²) in [6.07, 6.45) is 9.01. The molecule has 0 heterocycles. The molecule has 1 aliphatic carbocycles. The summed E-state index contributed by atoms with van der Waals surface area (Å²) in [5.74, 6) is 1.79. The van der Waals surface area contributed by atoms with Crippen molar-refractivity contribution in [3.05, 3.63) is 0 Å². The normalized spacial score (nSPS) is 26.2. The van der Waals surface area contributed by atoms with Crippen molar-refractivity contribution < 1.29 is 5.11 Å². The Kier molecular flexibility index (Phi) is 7.06. The van der Waals surface area contributed by atoms with Crippen LogP contribution in [0.3, 0.4) is 0 Å². The minimum Gasteiger partial charge on any atom is -0.396 e. The second-order valence-electron chi connectivity index (χ2n) is 5.74. The van der Waals surface area contributed by atoms with Crippen molar-refractivity contribution in [3.63, 3.8) is 0 Å². The molecule has 1 saturated carbocycles. The van der Waals surface area contributed by atoms with Gasteiger partial charge in [0.2, 0.25) is 0 Å². The van der Waals surface area contributed by atoms with Crippen LogP contribution in [-0.2, 0) is 0 Å². The van der Waals surface area contributed by atoms with E-state index in [1.54, 1.807) is 0 Å². The Balaban J connectivity index is 2.12. The number of hydrogen-bond acceptors (Lipinski definition) is 2. The third kappa shape index (κ3) is 5.86. The molecule has 16 heavy (non-hydrogen) atoms. The Morgan fingerprint density at radius 3 is 2.75 bits per heavy atom. The fraction of sp³-hybridized carbons (Fsp3) is 1.00. The van der Waals surface area contributed by atoms with E-state index >= 15 is 0 Å². The van der Waals surface area contributed by atoms with Crippen molar-refractivity contribution in [2.24, 2.45) is 11.8 Å². The van der Waals surface area contributed by atoms with Crippen LogP contribution in [0, 0.1) is 11.8 Å². The fourth-order valence-corrected chi connectivity index (χ4v) is 2.90. The maximum Gasteiger partial charge on any atom is 0.0431 e. The maximum absolute atomic E-state index is 8.72. The van der Waals surface area contributed by atoms with Gasteiger partial charge in [0, 0.05) is 12.6 Å². The molecule has 0 bridgehead atoms. The van der Waals surface area contributed by atoms with Crippen LogP contribution in [0.1, 0.15) is 58.8 Å². The van der Waals surface area contributed by atoms with E-state index in [2.05, 4.69) is 19.2 Å². The zero-order valence-electron chi connectivity index (χ0n) is 11.0. The van der Waals surface area contributed by atoms with E-state index < -0.39 is 0 Å². The molecule has 1 fully saturated rings. The second kappa shape index (κ2) is 8.08. The summed E-state index contributed by atoms with van der Waals surface area (Å²) in [6.45, 7) is 6.08. The monoisotopic (exact) mass is 227 g/mol. The summed E-state index contributed by atoms with van der Waals surface area (Å²) in [6, 6.07) is 0.746. The lowest BCUT2D eigenvalue weighted by molar-refractivity contribution is 0.247. The molecule has 2 heteroatoms. The highest BCUT2D eigenvalue weighted by atomic mass is 16.2. The summed E-state index contributed by atoms with van der Waals surface area (Å²) in [5, 5.41) is 12.4. The van der Waals surface area contributed by atoms with E-state index in [0.717, 1.165) is 37.3 Å². The lowest BCUT2D eigenvalue weighted by atomic mass is 9.81. The van der Waals surface area contributed by atoms with Gasteiger partial charge in [-0.2, -0.15) is 0 Å². The zero-order valence-corrected chi connectivity index (χ0v) is 11.0. The van der Waals surface area contributed by atoms with E-state index in [1.807, 2.05) is 0 Å². The molecule has 0 aliphatic heterocycles. The molecule has 1 rings (SSSR count). The average molecular weight is 227 g/mol. The van der Waals surface area contributed by atoms with Gasteiger partial charge in [0.15, 0.2) is 0 Å². The van der Waals surface area contributed by atoms with E-state index in [-0.39, 0.29) is 0 Å². The summed E-state index contributed by atoms with van der Waals surface area (Å²) >= 11 is 0. The molecule has 0 aromatic rings. The Labute approximate surface area is 101 Å². The molecular weight excluding hydrogens is 198 g/mol. The lowest BCUT2D eigenvalue weighted by Gasteiger charge is -2.31. The first-order chi connectivity index (χ1) is 7.72. The summed E-state index contributed by atoms with van der Waals surface area (Å²) in [5.41, 5.74) is 0. The summed E-state index contributed by atoms with van der Waals surface area (Å²) in [7, 11) is 0. The van der Waals surface area contributed by atoms with E-state index in [0.29, 0.717) is 6.61 Å². The third-order valence-electron chi connectivity index (χ3n) is 3.61. The standard InChI is InChI=1S/C14H29NO/c1-12(2)10-13-6-5-7-14(11-13)15-8-3-4-9-16/h12-16H,3-11H2,1-2H3. The number of hydrogen-bond donors (Lipinski definition) is 2. The molecule has 0 aromatic carbocycles. The molecule has 1 aliphatic rings. The molecule has 0 spiro atoms. The van der Waals surface area contributed by atoms with Gasteiger partial charge >= 0.3 is 0 Å². The first-order valence-electron chi connectivity index (χ1n) is 7.06. The molecule has 2 atom stereocenters. The minimum atomic E-state index is 0.336. The molecule has 2 unspecified atom stereocenters. The summed E-state index contributed by atoms with van der Waals surface area (Å²) < 4.78 is 0. The van der Waals surface area contributed by atoms with Gasteiger partial charge in [-0.3, -0.25) is 0 Å². The smallest absolute Gasteiger partial charge is 0.0431 e. The van der Waals surface area contributed by atoms with Crippen molar-refractivity contribution in [1.82, 2.24) is 5.32 Å². The van der Waals surface area contributed by atoms with Crippen LogP contribution >= 0.6 is 0 Å². The van der Waals surface area contributed by atoms with Gasteiger partial charge in [-0.15, -0.1) is 0 Å². The van der Waals surface area contributed by atoms with Gasteiger partial charge in [-0.1, -0.05) is 26.7 Å². The van der Waals surface area contributed by atoms with Crippen LogP contribution < -0.4 is 5.32 Å². The van der Waals surface area contributed by atoms with Gasteiger partial charge in [-0.05, 0) is 50.5 Å². The molecular formula is C14H29NO. The SMILES string of the molecule is CC(C)CC1CCCC(NCCCCO)C1. The van der Waals surface area contributed by atoms with E-state index in [9.17, 15) is 0 Å². The molecule has 2 nitrogen and oxygen atoms in total. The number of rotatable bonds is 7. The Bertz CT molecular complexity index is 170. The van der Waals surface area contributed by atoms with E-state index in [4.69, 9.17) is 5.11 Å². The van der Waals surface area contributed by atoms with Crippen molar-refractivity contribution in [1.29, 1.82) is 0 Å². The van der Waals surface area contributed by atoms with Crippen LogP contribution in [0.2, 0.25) is 0 Å². The van der Waals surface area contributed by atoms with Crippen molar-refractivity contribution >= 4 is 0 Å². The van der Waals surface area contributed by atoms with Gasteiger partial charge in [0.25, 0.3) is 0 Å². The Morgan fingerprint density at radius 2 is 2.06 bits per heavy atom. The number of aliphatic hydroxyl groups is 1. The minimum absolute atomic E-state index is 0.336. The number of aliphatic hydroxyl groups excluding tert-OH is 1. The van der Waals surface area contributed by atoms with Crippen molar-refractivity contribution in [3.8, 4) is 0 Å². The van der Waals surface area contributed by atoms with Gasteiger partial charge in [0.1, 0.15) is 0 Å². The largest absolute Gasteiger partial charge is 0.396 e. The topological polar surface area (TPSA) is 32.3 Å². The first kappa shape index (κ1) is 14.0. The van der Waals surface area contributed by atoms with Crippen LogP contribution in [-0.4, -0.2) is 24.3 Å². The van der Waals surface area contributed by atoms with Gasteiger partial charge < -0.3 is 10.4 Å². The van der Waals surface area contributed by atoms with Crippen LogP contribution in [0.15, 0.2) is 0 Å². The Hall–Kier alpha value is -0.0800. The number of unbranched alkanes of at least 4 members (excludes halogenated alkanes) is 1. The molecule has 0 amide bonds. The maximum atomic E-state index is 8.72. The Morgan fingerprint density at radius 1 is 1.25 bits per heavy atom. The quantitative estimate of drug-likeness (QED) is 0.655. The average Bonchev–Trinajstić information content (AvgIpc) is 2.24. The van der Waals surface area contributed by atoms with Gasteiger partial charge in [-0.25, -0.2) is 0 Å². The molecule has 0 radical (unpaired) electrons. The van der Waals surface area contributed by atoms with Crippen molar-refractivity contribution in [2.45, 2.75) is 64.8 Å². The summed E-state index contributed by atoms with van der Waals surface area (Å²) in [4.78, 5) is 0. The molecule has 96 valence electrons.